The first kappa shape index (κ1) is 19.5. The number of phenolic OH excluding ortho intramolecular Hbond substituents is 2. The number of aromatic hydroxyl groups is 2. The van der Waals surface area contributed by atoms with E-state index in [0.717, 1.165) is 19.3 Å². The highest BCUT2D eigenvalue weighted by atomic mass is 16.4. The zero-order valence-electron chi connectivity index (χ0n) is 14.8. The number of carboxylic acid groups (broad SMARTS) is 1. The molecule has 3 N–H and O–H groups in total. The van der Waals surface area contributed by atoms with Crippen molar-refractivity contribution in [1.29, 1.82) is 0 Å². The van der Waals surface area contributed by atoms with Crippen molar-refractivity contribution in [1.82, 2.24) is 0 Å². The second-order valence-corrected chi connectivity index (χ2v) is 6.37. The number of rotatable bonds is 9. The van der Waals surface area contributed by atoms with E-state index in [1.54, 1.807) is 12.1 Å². The standard InChI is InChI=1S/C21H24O5/c1-2-3-5-14-8-10-15(11-9-14)18(22)13-12-17(21(25)26)16-6-4-7-19(23)20(16)24/h4,6-11,17,23-24H,2-3,5,12-13H2,1H3,(H,25,26). The minimum atomic E-state index is -1.14. The summed E-state index contributed by atoms with van der Waals surface area (Å²) in [5.74, 6) is -3.17. The lowest BCUT2D eigenvalue weighted by molar-refractivity contribution is -0.139. The lowest BCUT2D eigenvalue weighted by atomic mass is 9.91. The molecule has 26 heavy (non-hydrogen) atoms. The molecule has 0 saturated carbocycles. The highest BCUT2D eigenvalue weighted by Crippen LogP contribution is 2.36. The number of ketones is 1. The maximum absolute atomic E-state index is 12.4. The fourth-order valence-electron chi connectivity index (χ4n) is 2.90. The van der Waals surface area contributed by atoms with Crippen LogP contribution in [0.5, 0.6) is 11.5 Å². The van der Waals surface area contributed by atoms with Crippen LogP contribution in [0.4, 0.5) is 0 Å². The molecule has 2 aromatic carbocycles. The molecule has 0 fully saturated rings. The van der Waals surface area contributed by atoms with E-state index in [-0.39, 0.29) is 29.9 Å². The van der Waals surface area contributed by atoms with Crippen LogP contribution >= 0.6 is 0 Å². The van der Waals surface area contributed by atoms with Gasteiger partial charge in [0.1, 0.15) is 0 Å². The Morgan fingerprint density at radius 2 is 1.73 bits per heavy atom. The minimum absolute atomic E-state index is 0.0420. The van der Waals surface area contributed by atoms with Crippen molar-refractivity contribution in [3.05, 3.63) is 59.2 Å². The van der Waals surface area contributed by atoms with E-state index in [1.165, 1.54) is 23.8 Å². The zero-order chi connectivity index (χ0) is 19.1. The smallest absolute Gasteiger partial charge is 0.311 e. The average Bonchev–Trinajstić information content (AvgIpc) is 2.63. The molecule has 0 aliphatic rings. The van der Waals surface area contributed by atoms with Gasteiger partial charge in [0.25, 0.3) is 0 Å². The number of aliphatic carboxylic acids is 1. The van der Waals surface area contributed by atoms with Crippen LogP contribution in [0.15, 0.2) is 42.5 Å². The summed E-state index contributed by atoms with van der Waals surface area (Å²) in [6.45, 7) is 2.13. The van der Waals surface area contributed by atoms with E-state index < -0.39 is 17.6 Å². The Labute approximate surface area is 152 Å². The van der Waals surface area contributed by atoms with E-state index in [4.69, 9.17) is 0 Å². The summed E-state index contributed by atoms with van der Waals surface area (Å²) in [5, 5.41) is 28.9. The Balaban J connectivity index is 2.05. The summed E-state index contributed by atoms with van der Waals surface area (Å²) >= 11 is 0. The molecular weight excluding hydrogens is 332 g/mol. The molecular formula is C21H24O5. The topological polar surface area (TPSA) is 94.8 Å². The summed E-state index contributed by atoms with van der Waals surface area (Å²) < 4.78 is 0. The Kier molecular flexibility index (Phi) is 6.78. The molecule has 1 atom stereocenters. The molecule has 0 amide bonds. The molecule has 0 saturated heterocycles. The SMILES string of the molecule is CCCCc1ccc(C(=O)CCC(C(=O)O)c2cccc(O)c2O)cc1. The minimum Gasteiger partial charge on any atom is -0.504 e. The average molecular weight is 356 g/mol. The number of benzene rings is 2. The molecule has 0 aliphatic heterocycles. The van der Waals surface area contributed by atoms with Gasteiger partial charge < -0.3 is 15.3 Å². The van der Waals surface area contributed by atoms with Gasteiger partial charge in [-0.25, -0.2) is 0 Å². The van der Waals surface area contributed by atoms with Crippen LogP contribution < -0.4 is 0 Å². The summed E-state index contributed by atoms with van der Waals surface area (Å²) in [6.07, 6.45) is 3.27. The lowest BCUT2D eigenvalue weighted by Crippen LogP contribution is -2.14. The molecule has 138 valence electrons. The molecule has 0 bridgehead atoms. The molecule has 0 heterocycles. The van der Waals surface area contributed by atoms with Crippen molar-refractivity contribution in [2.24, 2.45) is 0 Å². The first-order valence-electron chi connectivity index (χ1n) is 8.79. The van der Waals surface area contributed by atoms with Crippen molar-refractivity contribution in [3.8, 4) is 11.5 Å². The van der Waals surface area contributed by atoms with Gasteiger partial charge in [0, 0.05) is 17.5 Å². The van der Waals surface area contributed by atoms with Crippen LogP contribution in [-0.4, -0.2) is 27.1 Å². The van der Waals surface area contributed by atoms with Crippen molar-refractivity contribution < 1.29 is 24.9 Å². The van der Waals surface area contributed by atoms with Gasteiger partial charge in [-0.3, -0.25) is 9.59 Å². The highest BCUT2D eigenvalue weighted by Gasteiger charge is 2.25. The molecule has 5 heteroatoms. The summed E-state index contributed by atoms with van der Waals surface area (Å²) in [5.41, 5.74) is 1.84. The quantitative estimate of drug-likeness (QED) is 0.461. The number of para-hydroxylation sites is 1. The normalized spacial score (nSPS) is 11.9. The summed E-state index contributed by atoms with van der Waals surface area (Å²) in [6, 6.07) is 11.6. The molecule has 0 spiro atoms. The van der Waals surface area contributed by atoms with Crippen LogP contribution in [0.3, 0.4) is 0 Å². The number of carbonyl (C=O) groups is 2. The first-order valence-corrected chi connectivity index (χ1v) is 8.79. The van der Waals surface area contributed by atoms with Gasteiger partial charge in [0.05, 0.1) is 5.92 Å². The number of hydrogen-bond acceptors (Lipinski definition) is 4. The van der Waals surface area contributed by atoms with Crippen molar-refractivity contribution in [2.45, 2.75) is 44.9 Å². The summed E-state index contributed by atoms with van der Waals surface area (Å²) in [7, 11) is 0. The second-order valence-electron chi connectivity index (χ2n) is 6.37. The maximum atomic E-state index is 12.4. The fraction of sp³-hybridized carbons (Fsp3) is 0.333. The fourth-order valence-corrected chi connectivity index (χ4v) is 2.90. The Morgan fingerprint density at radius 3 is 2.35 bits per heavy atom. The number of Topliss-reactive ketones (excluding diaryl/α,β-unsaturated/α-hetero) is 1. The third-order valence-electron chi connectivity index (χ3n) is 4.47. The van der Waals surface area contributed by atoms with E-state index in [2.05, 4.69) is 6.92 Å². The number of carbonyl (C=O) groups excluding carboxylic acids is 1. The van der Waals surface area contributed by atoms with Gasteiger partial charge in [-0.05, 0) is 30.9 Å². The largest absolute Gasteiger partial charge is 0.504 e. The van der Waals surface area contributed by atoms with Crippen molar-refractivity contribution in [3.63, 3.8) is 0 Å². The van der Waals surface area contributed by atoms with Gasteiger partial charge in [-0.2, -0.15) is 0 Å². The van der Waals surface area contributed by atoms with Gasteiger partial charge in [-0.15, -0.1) is 0 Å². The van der Waals surface area contributed by atoms with Gasteiger partial charge in [0.15, 0.2) is 17.3 Å². The third-order valence-corrected chi connectivity index (χ3v) is 4.47. The predicted molar refractivity (Wildman–Crippen MR) is 98.8 cm³/mol. The number of phenols is 2. The molecule has 1 unspecified atom stereocenters. The van der Waals surface area contributed by atoms with Crippen LogP contribution in [0.25, 0.3) is 0 Å². The van der Waals surface area contributed by atoms with E-state index in [9.17, 15) is 24.9 Å². The lowest BCUT2D eigenvalue weighted by Gasteiger charge is -2.14. The molecule has 2 rings (SSSR count). The van der Waals surface area contributed by atoms with Gasteiger partial charge in [0.2, 0.25) is 0 Å². The highest BCUT2D eigenvalue weighted by molar-refractivity contribution is 5.96. The Hall–Kier alpha value is -2.82. The van der Waals surface area contributed by atoms with Gasteiger partial charge >= 0.3 is 5.97 Å². The zero-order valence-corrected chi connectivity index (χ0v) is 14.8. The molecule has 5 nitrogen and oxygen atoms in total. The molecule has 2 aromatic rings. The van der Waals surface area contributed by atoms with E-state index >= 15 is 0 Å². The van der Waals surface area contributed by atoms with E-state index in [0.29, 0.717) is 5.56 Å². The Bertz CT molecular complexity index is 764. The first-order chi connectivity index (χ1) is 12.4. The number of hydrogen-bond donors (Lipinski definition) is 3. The van der Waals surface area contributed by atoms with Crippen molar-refractivity contribution >= 4 is 11.8 Å². The van der Waals surface area contributed by atoms with Crippen LogP contribution in [-0.2, 0) is 11.2 Å². The van der Waals surface area contributed by atoms with E-state index in [1.807, 2.05) is 12.1 Å². The monoisotopic (exact) mass is 356 g/mol. The Morgan fingerprint density at radius 1 is 1.04 bits per heavy atom. The van der Waals surface area contributed by atoms with Crippen LogP contribution in [0.1, 0.15) is 60.0 Å². The van der Waals surface area contributed by atoms with Crippen LogP contribution in [0.2, 0.25) is 0 Å². The number of unbranched alkanes of at least 4 members (excludes halogenated alkanes) is 1. The van der Waals surface area contributed by atoms with Crippen LogP contribution in [0, 0.1) is 0 Å². The summed E-state index contributed by atoms with van der Waals surface area (Å²) in [4.78, 5) is 23.9. The molecule has 0 aliphatic carbocycles. The second kappa shape index (κ2) is 9.04. The number of aryl methyl sites for hydroxylation is 1. The third kappa shape index (κ3) is 4.85. The van der Waals surface area contributed by atoms with Gasteiger partial charge in [-0.1, -0.05) is 49.7 Å². The maximum Gasteiger partial charge on any atom is 0.311 e. The number of carboxylic acids is 1. The molecule has 0 aromatic heterocycles. The van der Waals surface area contributed by atoms with Crippen molar-refractivity contribution in [2.75, 3.05) is 0 Å². The molecule has 0 radical (unpaired) electrons. The predicted octanol–water partition coefficient (Wildman–Crippen LogP) is 4.27.